The van der Waals surface area contributed by atoms with Gasteiger partial charge < -0.3 is 10.2 Å². The Labute approximate surface area is 110 Å². The first-order chi connectivity index (χ1) is 8.10. The molecule has 0 saturated carbocycles. The quantitative estimate of drug-likeness (QED) is 0.830. The number of nitrogens with one attached hydrogen (secondary N) is 1. The topological polar surface area (TPSA) is 15.3 Å². The molecule has 0 aromatic heterocycles. The van der Waals surface area contributed by atoms with Crippen LogP contribution in [-0.4, -0.2) is 20.1 Å². The van der Waals surface area contributed by atoms with Crippen molar-refractivity contribution in [2.45, 2.75) is 33.2 Å². The van der Waals surface area contributed by atoms with E-state index in [0.717, 1.165) is 30.2 Å². The lowest BCUT2D eigenvalue weighted by Crippen LogP contribution is -2.20. The van der Waals surface area contributed by atoms with Gasteiger partial charge in [0.15, 0.2) is 0 Å². The first-order valence-electron chi connectivity index (χ1n) is 6.34. The molecule has 3 heteroatoms. The Morgan fingerprint density at radius 3 is 2.59 bits per heavy atom. The molecule has 1 rings (SSSR count). The zero-order valence-electron chi connectivity index (χ0n) is 11.3. The van der Waals surface area contributed by atoms with E-state index in [1.807, 2.05) is 0 Å². The number of rotatable bonds is 6. The second-order valence-electron chi connectivity index (χ2n) is 4.41. The predicted octanol–water partition coefficient (Wildman–Crippen LogP) is 3.86. The number of hydrogen-bond donors (Lipinski definition) is 1. The molecule has 0 aliphatic heterocycles. The Kier molecular flexibility index (Phi) is 5.79. The molecule has 1 N–H and O–H groups in total. The van der Waals surface area contributed by atoms with Crippen molar-refractivity contribution in [1.29, 1.82) is 0 Å². The highest BCUT2D eigenvalue weighted by Gasteiger charge is 2.09. The normalized spacial score (nSPS) is 12.5. The van der Waals surface area contributed by atoms with Gasteiger partial charge in [0.25, 0.3) is 0 Å². The van der Waals surface area contributed by atoms with E-state index >= 15 is 0 Å². The molecule has 0 amide bonds. The second-order valence-corrected chi connectivity index (χ2v) is 4.82. The maximum absolute atomic E-state index is 6.33. The Morgan fingerprint density at radius 2 is 2.06 bits per heavy atom. The smallest absolute Gasteiger partial charge is 0.0642 e. The van der Waals surface area contributed by atoms with Gasteiger partial charge in [-0.2, -0.15) is 0 Å². The van der Waals surface area contributed by atoms with Gasteiger partial charge in [0.05, 0.1) is 10.7 Å². The zero-order chi connectivity index (χ0) is 12.8. The summed E-state index contributed by atoms with van der Waals surface area (Å²) in [6, 6.07) is 6.68. The number of hydrogen-bond acceptors (Lipinski definition) is 2. The Balaban J connectivity index is 2.85. The van der Waals surface area contributed by atoms with Crippen LogP contribution in [0.4, 0.5) is 5.69 Å². The van der Waals surface area contributed by atoms with Gasteiger partial charge in [-0.3, -0.25) is 0 Å². The van der Waals surface area contributed by atoms with Crippen LogP contribution in [0.1, 0.15) is 38.8 Å². The largest absolute Gasteiger partial charge is 0.373 e. The summed E-state index contributed by atoms with van der Waals surface area (Å²) in [7, 11) is 2.08. The molecule has 0 heterocycles. The lowest BCUT2D eigenvalue weighted by atomic mass is 10.1. The summed E-state index contributed by atoms with van der Waals surface area (Å²) < 4.78 is 0. The number of anilines is 1. The summed E-state index contributed by atoms with van der Waals surface area (Å²) in [5, 5.41) is 4.23. The molecule has 0 spiro atoms. The van der Waals surface area contributed by atoms with Crippen LogP contribution in [0.3, 0.4) is 0 Å². The van der Waals surface area contributed by atoms with Crippen molar-refractivity contribution >= 4 is 17.3 Å². The van der Waals surface area contributed by atoms with E-state index in [4.69, 9.17) is 11.6 Å². The third kappa shape index (κ3) is 3.90. The highest BCUT2D eigenvalue weighted by Crippen LogP contribution is 2.28. The molecule has 1 aromatic carbocycles. The molecule has 0 bridgehead atoms. The van der Waals surface area contributed by atoms with Crippen LogP contribution in [0.2, 0.25) is 5.02 Å². The van der Waals surface area contributed by atoms with Crippen LogP contribution in [-0.2, 0) is 0 Å². The van der Waals surface area contributed by atoms with E-state index < -0.39 is 0 Å². The molecule has 1 aromatic rings. The average molecular weight is 255 g/mol. The summed E-state index contributed by atoms with van der Waals surface area (Å²) in [6.45, 7) is 8.44. The maximum Gasteiger partial charge on any atom is 0.0642 e. The molecule has 0 fully saturated rings. The monoisotopic (exact) mass is 254 g/mol. The summed E-state index contributed by atoms with van der Waals surface area (Å²) >= 11 is 6.33. The summed E-state index contributed by atoms with van der Waals surface area (Å²) in [5.41, 5.74) is 2.35. The van der Waals surface area contributed by atoms with E-state index in [1.54, 1.807) is 0 Å². The lowest BCUT2D eigenvalue weighted by Gasteiger charge is -2.21. The van der Waals surface area contributed by atoms with Crippen molar-refractivity contribution in [2.24, 2.45) is 0 Å². The van der Waals surface area contributed by atoms with Crippen molar-refractivity contribution in [3.8, 4) is 0 Å². The third-order valence-corrected chi connectivity index (χ3v) is 3.26. The molecule has 0 aliphatic rings. The molecule has 96 valence electrons. The van der Waals surface area contributed by atoms with Crippen molar-refractivity contribution in [2.75, 3.05) is 25.0 Å². The highest BCUT2D eigenvalue weighted by atomic mass is 35.5. The van der Waals surface area contributed by atoms with Crippen molar-refractivity contribution in [1.82, 2.24) is 5.32 Å². The summed E-state index contributed by atoms with van der Waals surface area (Å²) in [5.74, 6) is 0. The van der Waals surface area contributed by atoms with Gasteiger partial charge >= 0.3 is 0 Å². The van der Waals surface area contributed by atoms with Crippen LogP contribution in [0, 0.1) is 0 Å². The van der Waals surface area contributed by atoms with Crippen molar-refractivity contribution < 1.29 is 0 Å². The summed E-state index contributed by atoms with van der Waals surface area (Å²) in [6.07, 6.45) is 1.13. The van der Waals surface area contributed by atoms with Gasteiger partial charge in [0.2, 0.25) is 0 Å². The van der Waals surface area contributed by atoms with Crippen molar-refractivity contribution in [3.05, 3.63) is 28.8 Å². The number of nitrogens with zero attached hydrogens (tertiary/aromatic N) is 1. The van der Waals surface area contributed by atoms with E-state index in [0.29, 0.717) is 6.04 Å². The van der Waals surface area contributed by atoms with E-state index in [-0.39, 0.29) is 0 Å². The minimum Gasteiger partial charge on any atom is -0.373 e. The summed E-state index contributed by atoms with van der Waals surface area (Å²) in [4.78, 5) is 2.20. The Hall–Kier alpha value is -0.730. The molecule has 0 radical (unpaired) electrons. The molecule has 2 nitrogen and oxygen atoms in total. The SMILES string of the molecule is CCCN(C)c1ccc(C(C)NCC)cc1Cl. The minimum absolute atomic E-state index is 0.350. The van der Waals surface area contributed by atoms with Gasteiger partial charge in [-0.25, -0.2) is 0 Å². The third-order valence-electron chi connectivity index (χ3n) is 2.95. The van der Waals surface area contributed by atoms with Gasteiger partial charge in [-0.15, -0.1) is 0 Å². The molecule has 1 atom stereocenters. The standard InChI is InChI=1S/C14H23ClN2/c1-5-9-17(4)14-8-7-12(10-13(14)15)11(3)16-6-2/h7-8,10-11,16H,5-6,9H2,1-4H3. The van der Waals surface area contributed by atoms with Crippen molar-refractivity contribution in [3.63, 3.8) is 0 Å². The van der Waals surface area contributed by atoms with Crippen LogP contribution >= 0.6 is 11.6 Å². The van der Waals surface area contributed by atoms with Crippen LogP contribution in [0.25, 0.3) is 0 Å². The maximum atomic E-state index is 6.33. The fraction of sp³-hybridized carbons (Fsp3) is 0.571. The minimum atomic E-state index is 0.350. The fourth-order valence-electron chi connectivity index (χ4n) is 1.98. The van der Waals surface area contributed by atoms with Gasteiger partial charge in [0.1, 0.15) is 0 Å². The van der Waals surface area contributed by atoms with E-state index in [2.05, 4.69) is 56.2 Å². The molecular weight excluding hydrogens is 232 g/mol. The predicted molar refractivity (Wildman–Crippen MR) is 77.1 cm³/mol. The van der Waals surface area contributed by atoms with Crippen LogP contribution in [0.15, 0.2) is 18.2 Å². The first-order valence-corrected chi connectivity index (χ1v) is 6.71. The fourth-order valence-corrected chi connectivity index (χ4v) is 2.32. The zero-order valence-corrected chi connectivity index (χ0v) is 12.0. The van der Waals surface area contributed by atoms with Crippen LogP contribution in [0.5, 0.6) is 0 Å². The molecule has 1 unspecified atom stereocenters. The molecular formula is C14H23ClN2. The lowest BCUT2D eigenvalue weighted by molar-refractivity contribution is 0.598. The molecule has 17 heavy (non-hydrogen) atoms. The molecule has 0 aliphatic carbocycles. The first kappa shape index (κ1) is 14.3. The van der Waals surface area contributed by atoms with E-state index in [9.17, 15) is 0 Å². The number of halogens is 1. The van der Waals surface area contributed by atoms with Gasteiger partial charge in [-0.05, 0) is 37.6 Å². The molecule has 0 saturated heterocycles. The van der Waals surface area contributed by atoms with E-state index in [1.165, 1.54) is 5.56 Å². The van der Waals surface area contributed by atoms with Gasteiger partial charge in [0, 0.05) is 19.6 Å². The average Bonchev–Trinajstić information content (AvgIpc) is 2.29. The number of benzene rings is 1. The highest BCUT2D eigenvalue weighted by molar-refractivity contribution is 6.33. The Morgan fingerprint density at radius 1 is 1.35 bits per heavy atom. The Bertz CT molecular complexity index is 352. The van der Waals surface area contributed by atoms with Crippen LogP contribution < -0.4 is 10.2 Å². The second kappa shape index (κ2) is 6.87. The van der Waals surface area contributed by atoms with Gasteiger partial charge in [-0.1, -0.05) is 31.5 Å².